The molecule has 0 bridgehead atoms. The van der Waals surface area contributed by atoms with Crippen LogP contribution in [-0.2, 0) is 10.0 Å². The molecule has 0 aliphatic heterocycles. The second-order valence-corrected chi connectivity index (χ2v) is 7.63. The van der Waals surface area contributed by atoms with Crippen molar-refractivity contribution < 1.29 is 8.42 Å². The molecule has 3 nitrogen and oxygen atoms in total. The molecule has 1 unspecified atom stereocenters. The van der Waals surface area contributed by atoms with Crippen LogP contribution in [-0.4, -0.2) is 20.8 Å². The van der Waals surface area contributed by atoms with E-state index >= 15 is 0 Å². The first-order chi connectivity index (χ1) is 7.36. The number of halogens is 3. The summed E-state index contributed by atoms with van der Waals surface area (Å²) in [4.78, 5) is 0.0194. The van der Waals surface area contributed by atoms with E-state index in [0.29, 0.717) is 10.2 Å². The van der Waals surface area contributed by atoms with E-state index in [9.17, 15) is 8.42 Å². The van der Waals surface area contributed by atoms with Gasteiger partial charge in [0.05, 0.1) is 4.34 Å². The molecule has 0 fully saturated rings. The lowest BCUT2D eigenvalue weighted by Crippen LogP contribution is -2.28. The molecule has 0 aliphatic rings. The van der Waals surface area contributed by atoms with E-state index in [1.165, 1.54) is 6.07 Å². The molecule has 1 aromatic rings. The third-order valence-corrected chi connectivity index (χ3v) is 5.50. The zero-order valence-corrected chi connectivity index (χ0v) is 12.2. The summed E-state index contributed by atoms with van der Waals surface area (Å²) in [6.07, 6.45) is 0. The first-order valence-corrected chi connectivity index (χ1v) is 7.96. The van der Waals surface area contributed by atoms with Crippen molar-refractivity contribution in [1.82, 2.24) is 4.72 Å². The molecule has 0 aliphatic carbocycles. The molecular weight excluding hydrogens is 313 g/mol. The summed E-state index contributed by atoms with van der Waals surface area (Å²) in [7, 11) is -3.59. The van der Waals surface area contributed by atoms with Crippen LogP contribution in [0.2, 0.25) is 8.67 Å². The van der Waals surface area contributed by atoms with Crippen LogP contribution in [0.4, 0.5) is 0 Å². The smallest absolute Gasteiger partial charge is 0.211 e. The van der Waals surface area contributed by atoms with Crippen LogP contribution in [0.15, 0.2) is 11.0 Å². The first kappa shape index (κ1) is 14.5. The Morgan fingerprint density at radius 2 is 2.12 bits per heavy atom. The maximum Gasteiger partial charge on any atom is 0.242 e. The second-order valence-electron chi connectivity index (χ2n) is 3.30. The van der Waals surface area contributed by atoms with Crippen LogP contribution in [0.5, 0.6) is 0 Å². The molecule has 1 atom stereocenters. The number of hydrogen-bond donors (Lipinski definition) is 1. The van der Waals surface area contributed by atoms with Gasteiger partial charge in [-0.2, -0.15) is 0 Å². The quantitative estimate of drug-likeness (QED) is 0.846. The highest BCUT2D eigenvalue weighted by atomic mass is 35.5. The fourth-order valence-corrected chi connectivity index (χ4v) is 4.31. The summed E-state index contributed by atoms with van der Waals surface area (Å²) in [5.74, 6) is 0.449. The van der Waals surface area contributed by atoms with Crippen LogP contribution < -0.4 is 4.72 Å². The average Bonchev–Trinajstić information content (AvgIpc) is 2.55. The van der Waals surface area contributed by atoms with Crippen LogP contribution >= 0.6 is 46.1 Å². The summed E-state index contributed by atoms with van der Waals surface area (Å²) in [6.45, 7) is 2.12. The lowest BCUT2D eigenvalue weighted by Gasteiger charge is -2.09. The number of hydrogen-bond acceptors (Lipinski definition) is 3. The van der Waals surface area contributed by atoms with E-state index in [2.05, 4.69) is 4.72 Å². The Morgan fingerprint density at radius 3 is 2.56 bits per heavy atom. The SMILES string of the molecule is CC(CCl)CNS(=O)(=O)c1cc(Cl)sc1Cl. The van der Waals surface area contributed by atoms with Gasteiger partial charge < -0.3 is 0 Å². The van der Waals surface area contributed by atoms with Crippen LogP contribution in [0.25, 0.3) is 0 Å². The van der Waals surface area contributed by atoms with Gasteiger partial charge in [-0.15, -0.1) is 22.9 Å². The van der Waals surface area contributed by atoms with E-state index < -0.39 is 10.0 Å². The minimum atomic E-state index is -3.59. The molecule has 0 radical (unpaired) electrons. The van der Waals surface area contributed by atoms with E-state index in [1.54, 1.807) is 0 Å². The number of sulfonamides is 1. The van der Waals surface area contributed by atoms with Gasteiger partial charge in [0.2, 0.25) is 10.0 Å². The van der Waals surface area contributed by atoms with Gasteiger partial charge in [0, 0.05) is 12.4 Å². The Hall–Kier alpha value is 0.480. The van der Waals surface area contributed by atoms with Gasteiger partial charge in [0.25, 0.3) is 0 Å². The minimum absolute atomic E-state index is 0.0194. The standard InChI is InChI=1S/C8H10Cl3NO2S2/c1-5(3-9)4-12-16(13,14)6-2-7(10)15-8(6)11/h2,5,12H,3-4H2,1H3. The Kier molecular flexibility index (Phi) is 5.35. The first-order valence-electron chi connectivity index (χ1n) is 4.37. The maximum absolute atomic E-state index is 11.8. The van der Waals surface area contributed by atoms with Crippen molar-refractivity contribution >= 4 is 56.2 Å². The third-order valence-electron chi connectivity index (χ3n) is 1.80. The molecule has 92 valence electrons. The second kappa shape index (κ2) is 5.89. The van der Waals surface area contributed by atoms with Gasteiger partial charge in [-0.25, -0.2) is 13.1 Å². The lowest BCUT2D eigenvalue weighted by molar-refractivity contribution is 0.562. The number of rotatable bonds is 5. The molecular formula is C8H10Cl3NO2S2. The molecule has 0 spiro atoms. The van der Waals surface area contributed by atoms with Crippen molar-refractivity contribution in [3.05, 3.63) is 14.7 Å². The Bertz CT molecular complexity index is 458. The van der Waals surface area contributed by atoms with Crippen molar-refractivity contribution in [2.24, 2.45) is 5.92 Å². The molecule has 1 aromatic heterocycles. The lowest BCUT2D eigenvalue weighted by atomic mass is 10.2. The van der Waals surface area contributed by atoms with E-state index in [0.717, 1.165) is 11.3 Å². The van der Waals surface area contributed by atoms with Crippen molar-refractivity contribution in [3.63, 3.8) is 0 Å². The van der Waals surface area contributed by atoms with Gasteiger partial charge in [0.15, 0.2) is 0 Å². The molecule has 1 rings (SSSR count). The largest absolute Gasteiger partial charge is 0.242 e. The van der Waals surface area contributed by atoms with Gasteiger partial charge in [0.1, 0.15) is 9.23 Å². The normalized spacial score (nSPS) is 14.0. The van der Waals surface area contributed by atoms with Crippen molar-refractivity contribution in [3.8, 4) is 0 Å². The predicted molar refractivity (Wildman–Crippen MR) is 69.4 cm³/mol. The number of nitrogens with one attached hydrogen (secondary N) is 1. The molecule has 8 heteroatoms. The molecule has 0 amide bonds. The fraction of sp³-hybridized carbons (Fsp3) is 0.500. The van der Waals surface area contributed by atoms with Gasteiger partial charge in [-0.1, -0.05) is 30.1 Å². The summed E-state index contributed by atoms with van der Waals surface area (Å²) < 4.78 is 26.5. The maximum atomic E-state index is 11.8. The zero-order valence-electron chi connectivity index (χ0n) is 8.34. The monoisotopic (exact) mass is 321 g/mol. The fourth-order valence-electron chi connectivity index (χ4n) is 0.893. The number of thiophene rings is 1. The van der Waals surface area contributed by atoms with E-state index in [-0.39, 0.29) is 21.7 Å². The van der Waals surface area contributed by atoms with Crippen LogP contribution in [0.1, 0.15) is 6.92 Å². The van der Waals surface area contributed by atoms with Crippen molar-refractivity contribution in [1.29, 1.82) is 0 Å². The Morgan fingerprint density at radius 1 is 1.50 bits per heavy atom. The predicted octanol–water partition coefficient (Wildman–Crippen LogP) is 3.21. The zero-order chi connectivity index (χ0) is 12.3. The molecule has 0 saturated carbocycles. The highest BCUT2D eigenvalue weighted by molar-refractivity contribution is 7.89. The molecule has 1 heterocycles. The summed E-state index contributed by atoms with van der Waals surface area (Å²) >= 11 is 18.1. The summed E-state index contributed by atoms with van der Waals surface area (Å²) in [5, 5.41) is 0. The van der Waals surface area contributed by atoms with Crippen molar-refractivity contribution in [2.75, 3.05) is 12.4 Å². The molecule has 0 saturated heterocycles. The highest BCUT2D eigenvalue weighted by Gasteiger charge is 2.21. The average molecular weight is 323 g/mol. The Balaban J connectivity index is 2.82. The molecule has 0 aromatic carbocycles. The summed E-state index contributed by atoms with van der Waals surface area (Å²) in [6, 6.07) is 1.34. The number of alkyl halides is 1. The van der Waals surface area contributed by atoms with Crippen LogP contribution in [0, 0.1) is 5.92 Å². The Labute approximate surface area is 114 Å². The summed E-state index contributed by atoms with van der Waals surface area (Å²) in [5.41, 5.74) is 0. The van der Waals surface area contributed by atoms with Gasteiger partial charge in [-0.05, 0) is 12.0 Å². The highest BCUT2D eigenvalue weighted by Crippen LogP contribution is 2.34. The van der Waals surface area contributed by atoms with E-state index in [1.807, 2.05) is 6.92 Å². The van der Waals surface area contributed by atoms with E-state index in [4.69, 9.17) is 34.8 Å². The molecule has 1 N–H and O–H groups in total. The molecule has 16 heavy (non-hydrogen) atoms. The van der Waals surface area contributed by atoms with Crippen LogP contribution in [0.3, 0.4) is 0 Å². The van der Waals surface area contributed by atoms with Gasteiger partial charge in [-0.3, -0.25) is 0 Å². The van der Waals surface area contributed by atoms with Crippen molar-refractivity contribution in [2.45, 2.75) is 11.8 Å². The van der Waals surface area contributed by atoms with Gasteiger partial charge >= 0.3 is 0 Å². The minimum Gasteiger partial charge on any atom is -0.211 e. The third kappa shape index (κ3) is 3.75. The topological polar surface area (TPSA) is 46.2 Å².